The number of aromatic nitrogens is 3. The molecule has 120 valence electrons. The highest BCUT2D eigenvalue weighted by atomic mass is 32.2. The van der Waals surface area contributed by atoms with Gasteiger partial charge in [-0.3, -0.25) is 0 Å². The Morgan fingerprint density at radius 2 is 1.52 bits per heavy atom. The normalized spacial score (nSPS) is 11.5. The van der Waals surface area contributed by atoms with E-state index in [1.54, 1.807) is 9.80 Å². The quantitative estimate of drug-likeness (QED) is 0.733. The Labute approximate surface area is 126 Å². The summed E-state index contributed by atoms with van der Waals surface area (Å²) in [6.45, 7) is 2.02. The smallest absolute Gasteiger partial charge is 0.229 e. The third kappa shape index (κ3) is 5.80. The van der Waals surface area contributed by atoms with Gasteiger partial charge in [0.25, 0.3) is 0 Å². The van der Waals surface area contributed by atoms with E-state index in [0.29, 0.717) is 24.1 Å². The summed E-state index contributed by atoms with van der Waals surface area (Å²) in [4.78, 5) is 16.3. The van der Waals surface area contributed by atoms with Crippen molar-refractivity contribution in [1.29, 1.82) is 0 Å². The summed E-state index contributed by atoms with van der Waals surface area (Å²) >= 11 is 0. The van der Waals surface area contributed by atoms with Gasteiger partial charge in [-0.2, -0.15) is 15.0 Å². The molecule has 1 rings (SSSR count). The molecule has 21 heavy (non-hydrogen) atoms. The minimum atomic E-state index is -3.29. The van der Waals surface area contributed by atoms with Crippen LogP contribution in [0.3, 0.4) is 0 Å². The van der Waals surface area contributed by atoms with Crippen LogP contribution in [0.15, 0.2) is 0 Å². The van der Waals surface area contributed by atoms with Gasteiger partial charge in [-0.05, 0) is 6.42 Å². The number of rotatable bonds is 8. The molecule has 1 heterocycles. The molecule has 0 bridgehead atoms. The van der Waals surface area contributed by atoms with Gasteiger partial charge in [0.15, 0.2) is 5.82 Å². The number of hydrogen-bond donors (Lipinski definition) is 1. The lowest BCUT2D eigenvalue weighted by Gasteiger charge is -2.16. The minimum absolute atomic E-state index is 0.0657. The number of sulfonamides is 1. The first-order chi connectivity index (χ1) is 9.75. The molecular weight excluding hydrogens is 292 g/mol. The van der Waals surface area contributed by atoms with E-state index in [2.05, 4.69) is 19.7 Å². The molecule has 0 atom stereocenters. The fourth-order valence-corrected chi connectivity index (χ4v) is 2.62. The van der Waals surface area contributed by atoms with Crippen molar-refractivity contribution in [3.63, 3.8) is 0 Å². The highest BCUT2D eigenvalue weighted by Gasteiger charge is 2.13. The van der Waals surface area contributed by atoms with E-state index >= 15 is 0 Å². The van der Waals surface area contributed by atoms with Crippen LogP contribution in [0.5, 0.6) is 0 Å². The topological polar surface area (TPSA) is 91.3 Å². The minimum Gasteiger partial charge on any atom is -0.347 e. The number of nitrogens with one attached hydrogen (secondary N) is 1. The Morgan fingerprint density at radius 3 is 1.95 bits per heavy atom. The zero-order valence-corrected chi connectivity index (χ0v) is 14.1. The Bertz CT molecular complexity index is 533. The van der Waals surface area contributed by atoms with Gasteiger partial charge < -0.3 is 9.80 Å². The van der Waals surface area contributed by atoms with Crippen LogP contribution in [0.2, 0.25) is 0 Å². The fraction of sp³-hybridized carbons (Fsp3) is 0.750. The molecule has 0 aromatic carbocycles. The van der Waals surface area contributed by atoms with E-state index in [4.69, 9.17) is 0 Å². The average Bonchev–Trinajstić information content (AvgIpc) is 2.42. The molecule has 1 aromatic rings. The Hall–Kier alpha value is -1.48. The van der Waals surface area contributed by atoms with Crippen LogP contribution in [0.1, 0.15) is 25.6 Å². The summed E-state index contributed by atoms with van der Waals surface area (Å²) in [5.41, 5.74) is 0. The molecule has 8 nitrogen and oxygen atoms in total. The molecule has 1 N–H and O–H groups in total. The van der Waals surface area contributed by atoms with Crippen LogP contribution in [-0.2, 0) is 16.6 Å². The predicted molar refractivity (Wildman–Crippen MR) is 84.0 cm³/mol. The van der Waals surface area contributed by atoms with Crippen molar-refractivity contribution in [2.45, 2.75) is 26.3 Å². The summed E-state index contributed by atoms with van der Waals surface area (Å²) in [6.07, 6.45) is 1.47. The highest BCUT2D eigenvalue weighted by molar-refractivity contribution is 7.89. The van der Waals surface area contributed by atoms with Gasteiger partial charge >= 0.3 is 0 Å². The van der Waals surface area contributed by atoms with Crippen molar-refractivity contribution in [1.82, 2.24) is 19.7 Å². The Morgan fingerprint density at radius 1 is 1.00 bits per heavy atom. The molecular formula is C12H24N6O2S. The van der Waals surface area contributed by atoms with Crippen LogP contribution in [-0.4, -0.2) is 57.3 Å². The first kappa shape index (κ1) is 17.6. The van der Waals surface area contributed by atoms with Gasteiger partial charge in [0.1, 0.15) is 0 Å². The molecule has 0 fully saturated rings. The summed E-state index contributed by atoms with van der Waals surface area (Å²) in [6, 6.07) is 0. The number of unbranched alkanes of at least 4 members (excludes halogenated alkanes) is 1. The van der Waals surface area contributed by atoms with Gasteiger partial charge in [-0.15, -0.1) is 0 Å². The first-order valence-electron chi connectivity index (χ1n) is 6.82. The molecule has 9 heteroatoms. The third-order valence-corrected chi connectivity index (χ3v) is 4.09. The summed E-state index contributed by atoms with van der Waals surface area (Å²) in [5, 5.41) is 0. The second-order valence-electron chi connectivity index (χ2n) is 5.13. The van der Waals surface area contributed by atoms with Crippen LogP contribution in [0.4, 0.5) is 11.9 Å². The van der Waals surface area contributed by atoms with Crippen molar-refractivity contribution in [3.8, 4) is 0 Å². The van der Waals surface area contributed by atoms with Crippen LogP contribution < -0.4 is 14.5 Å². The maximum atomic E-state index is 11.8. The summed E-state index contributed by atoms with van der Waals surface area (Å²) in [7, 11) is 4.01. The van der Waals surface area contributed by atoms with Crippen molar-refractivity contribution >= 4 is 21.9 Å². The van der Waals surface area contributed by atoms with E-state index in [9.17, 15) is 8.42 Å². The fourth-order valence-electron chi connectivity index (χ4n) is 1.46. The number of anilines is 2. The average molecular weight is 316 g/mol. The first-order valence-corrected chi connectivity index (χ1v) is 8.47. The van der Waals surface area contributed by atoms with Crippen molar-refractivity contribution in [2.24, 2.45) is 0 Å². The summed E-state index contributed by atoms with van der Waals surface area (Å²) in [5.74, 6) is 1.51. The molecule has 1 aromatic heterocycles. The van der Waals surface area contributed by atoms with Gasteiger partial charge in [-0.1, -0.05) is 13.3 Å². The standard InChI is InChI=1S/C12H24N6O2S/c1-6-7-8-21(19,20)13-9-10-14-11(17(2)3)16-12(15-10)18(4)5/h13H,6-9H2,1-5H3. The van der Waals surface area contributed by atoms with Crippen molar-refractivity contribution in [3.05, 3.63) is 5.82 Å². The predicted octanol–water partition coefficient (Wildman–Crippen LogP) is 0.223. The van der Waals surface area contributed by atoms with E-state index in [-0.39, 0.29) is 12.3 Å². The third-order valence-electron chi connectivity index (χ3n) is 2.67. The van der Waals surface area contributed by atoms with Gasteiger partial charge in [0, 0.05) is 28.2 Å². The van der Waals surface area contributed by atoms with Crippen LogP contribution >= 0.6 is 0 Å². The lowest BCUT2D eigenvalue weighted by molar-refractivity contribution is 0.575. The molecule has 0 saturated heterocycles. The van der Waals surface area contributed by atoms with E-state index < -0.39 is 10.0 Å². The lowest BCUT2D eigenvalue weighted by atomic mass is 10.4. The molecule has 0 amide bonds. The molecule has 0 spiro atoms. The van der Waals surface area contributed by atoms with Crippen molar-refractivity contribution < 1.29 is 8.42 Å². The van der Waals surface area contributed by atoms with Crippen LogP contribution in [0.25, 0.3) is 0 Å². The summed E-state index contributed by atoms with van der Waals surface area (Å²) < 4.78 is 26.1. The maximum absolute atomic E-state index is 11.8. The second-order valence-corrected chi connectivity index (χ2v) is 7.06. The van der Waals surface area contributed by atoms with Gasteiger partial charge in [-0.25, -0.2) is 13.1 Å². The largest absolute Gasteiger partial charge is 0.347 e. The van der Waals surface area contributed by atoms with Gasteiger partial charge in [0.05, 0.1) is 12.3 Å². The number of hydrogen-bond acceptors (Lipinski definition) is 7. The molecule has 0 saturated carbocycles. The Balaban J connectivity index is 2.87. The van der Waals surface area contributed by atoms with Crippen LogP contribution in [0, 0.1) is 0 Å². The zero-order chi connectivity index (χ0) is 16.0. The number of nitrogens with zero attached hydrogens (tertiary/aromatic N) is 5. The van der Waals surface area contributed by atoms with E-state index in [1.165, 1.54) is 0 Å². The molecule has 0 aliphatic rings. The second kappa shape index (κ2) is 7.51. The van der Waals surface area contributed by atoms with E-state index in [0.717, 1.165) is 6.42 Å². The monoisotopic (exact) mass is 316 g/mol. The van der Waals surface area contributed by atoms with Gasteiger partial charge in [0.2, 0.25) is 21.9 Å². The molecule has 0 unspecified atom stereocenters. The SMILES string of the molecule is CCCCS(=O)(=O)NCc1nc(N(C)C)nc(N(C)C)n1. The lowest BCUT2D eigenvalue weighted by Crippen LogP contribution is -2.28. The van der Waals surface area contributed by atoms with Crippen molar-refractivity contribution in [2.75, 3.05) is 43.7 Å². The zero-order valence-electron chi connectivity index (χ0n) is 13.3. The highest BCUT2D eigenvalue weighted by Crippen LogP contribution is 2.10. The maximum Gasteiger partial charge on any atom is 0.229 e. The molecule has 0 aliphatic carbocycles. The van der Waals surface area contributed by atoms with E-state index in [1.807, 2.05) is 35.1 Å². The molecule has 0 radical (unpaired) electrons. The molecule has 0 aliphatic heterocycles. The Kier molecular flexibility index (Phi) is 6.28.